The number of nitrogens with zero attached hydrogens (tertiary/aromatic N) is 2. The number of aliphatic carboxylic acids is 1. The zero-order valence-electron chi connectivity index (χ0n) is 23.1. The van der Waals surface area contributed by atoms with Crippen LogP contribution in [-0.4, -0.2) is 46.2 Å². The number of fused-ring (bicyclic) bond motifs is 1. The molecule has 10 nitrogen and oxygen atoms in total. The Kier molecular flexibility index (Phi) is 8.07. The van der Waals surface area contributed by atoms with Gasteiger partial charge in [0.2, 0.25) is 0 Å². The molecule has 2 aromatic heterocycles. The molecular weight excluding hydrogens is 553 g/mol. The van der Waals surface area contributed by atoms with E-state index in [-0.39, 0.29) is 28.5 Å². The highest BCUT2D eigenvalue weighted by molar-refractivity contribution is 7.90. The fourth-order valence-corrected chi connectivity index (χ4v) is 5.49. The van der Waals surface area contributed by atoms with Crippen LogP contribution in [0.3, 0.4) is 0 Å². The maximum atomic E-state index is 15.1. The first-order valence-electron chi connectivity index (χ1n) is 12.6. The number of ether oxygens (including phenoxy) is 2. The minimum absolute atomic E-state index is 0.0931. The Hall–Kier alpha value is -4.45. The number of amides is 1. The van der Waals surface area contributed by atoms with Crippen molar-refractivity contribution < 1.29 is 37.0 Å². The molecule has 0 saturated heterocycles. The van der Waals surface area contributed by atoms with Gasteiger partial charge in [-0.3, -0.25) is 0 Å². The summed E-state index contributed by atoms with van der Waals surface area (Å²) in [7, 11) is -3.96. The van der Waals surface area contributed by atoms with Crippen LogP contribution in [0.15, 0.2) is 65.8 Å². The first-order valence-corrected chi connectivity index (χ1v) is 14.1. The molecule has 2 aromatic carbocycles. The molecule has 12 heteroatoms. The summed E-state index contributed by atoms with van der Waals surface area (Å²) >= 11 is 0. The standard InChI is InChI=1S/C29H30FN3O7S/c1-17-6-9-20(10-7-17)41(37,38)33-16-18(2)25-24(12-13-31-26(25)33)39-23-11-8-19(14-21(23)30)15-22(27(34)35)32-28(36)40-29(3,4)5/h6-14,16,22H,15H2,1-5H3,(H,32,36)(H,34,35). The second kappa shape index (κ2) is 11.2. The van der Waals surface area contributed by atoms with Gasteiger partial charge in [-0.15, -0.1) is 0 Å². The third-order valence-electron chi connectivity index (χ3n) is 6.03. The van der Waals surface area contributed by atoms with E-state index in [2.05, 4.69) is 10.3 Å². The van der Waals surface area contributed by atoms with Gasteiger partial charge in [0.1, 0.15) is 17.4 Å². The second-order valence-corrected chi connectivity index (χ2v) is 12.4. The van der Waals surface area contributed by atoms with Gasteiger partial charge in [-0.1, -0.05) is 23.8 Å². The molecule has 4 aromatic rings. The minimum Gasteiger partial charge on any atom is -0.480 e. The predicted molar refractivity (Wildman–Crippen MR) is 149 cm³/mol. The largest absolute Gasteiger partial charge is 0.480 e. The van der Waals surface area contributed by atoms with Gasteiger partial charge in [-0.25, -0.2) is 31.4 Å². The van der Waals surface area contributed by atoms with E-state index >= 15 is 4.39 Å². The topological polar surface area (TPSA) is 137 Å². The second-order valence-electron chi connectivity index (χ2n) is 10.5. The highest BCUT2D eigenvalue weighted by atomic mass is 32.2. The number of alkyl carbamates (subject to hydrolysis) is 1. The summed E-state index contributed by atoms with van der Waals surface area (Å²) in [5.74, 6) is -2.07. The third-order valence-corrected chi connectivity index (χ3v) is 7.69. The molecule has 0 aliphatic carbocycles. The summed E-state index contributed by atoms with van der Waals surface area (Å²) in [4.78, 5) is 28.1. The van der Waals surface area contributed by atoms with Crippen LogP contribution in [0.5, 0.6) is 11.5 Å². The smallest absolute Gasteiger partial charge is 0.408 e. The lowest BCUT2D eigenvalue weighted by Crippen LogP contribution is -2.44. The van der Waals surface area contributed by atoms with E-state index in [1.54, 1.807) is 39.8 Å². The highest BCUT2D eigenvalue weighted by Crippen LogP contribution is 2.35. The molecular formula is C29H30FN3O7S. The summed E-state index contributed by atoms with van der Waals surface area (Å²) in [6.07, 6.45) is 1.69. The normalized spacial score (nSPS) is 12.6. The molecule has 1 unspecified atom stereocenters. The molecule has 0 fully saturated rings. The molecule has 1 atom stereocenters. The van der Waals surface area contributed by atoms with Crippen LogP contribution in [0.4, 0.5) is 9.18 Å². The number of benzene rings is 2. The summed E-state index contributed by atoms with van der Waals surface area (Å²) < 4.78 is 53.8. The monoisotopic (exact) mass is 583 g/mol. The minimum atomic E-state index is -3.96. The number of rotatable bonds is 8. The molecule has 0 bridgehead atoms. The lowest BCUT2D eigenvalue weighted by molar-refractivity contribution is -0.139. The summed E-state index contributed by atoms with van der Waals surface area (Å²) in [5.41, 5.74) is 1.06. The van der Waals surface area contributed by atoms with Gasteiger partial charge in [0.15, 0.2) is 17.2 Å². The number of nitrogens with one attached hydrogen (secondary N) is 1. The van der Waals surface area contributed by atoms with E-state index < -0.39 is 39.5 Å². The Bertz CT molecular complexity index is 1730. The molecule has 0 saturated carbocycles. The zero-order chi connectivity index (χ0) is 30.1. The van der Waals surface area contributed by atoms with E-state index in [9.17, 15) is 23.1 Å². The number of carbonyl (C=O) groups is 2. The molecule has 0 spiro atoms. The molecule has 41 heavy (non-hydrogen) atoms. The van der Waals surface area contributed by atoms with E-state index in [0.717, 1.165) is 15.6 Å². The average molecular weight is 584 g/mol. The fourth-order valence-electron chi connectivity index (χ4n) is 4.12. The maximum absolute atomic E-state index is 15.1. The van der Waals surface area contributed by atoms with Crippen molar-refractivity contribution in [2.24, 2.45) is 0 Å². The maximum Gasteiger partial charge on any atom is 0.408 e. The van der Waals surface area contributed by atoms with Crippen molar-refractivity contribution >= 4 is 33.1 Å². The van der Waals surface area contributed by atoms with Crippen LogP contribution in [-0.2, 0) is 26.0 Å². The third kappa shape index (κ3) is 6.65. The van der Waals surface area contributed by atoms with Crippen LogP contribution >= 0.6 is 0 Å². The van der Waals surface area contributed by atoms with Crippen molar-refractivity contribution in [3.05, 3.63) is 83.4 Å². The molecule has 2 N–H and O–H groups in total. The van der Waals surface area contributed by atoms with E-state index in [4.69, 9.17) is 9.47 Å². The average Bonchev–Trinajstić information content (AvgIpc) is 3.22. The Balaban J connectivity index is 1.60. The van der Waals surface area contributed by atoms with Crippen LogP contribution < -0.4 is 10.1 Å². The van der Waals surface area contributed by atoms with Crippen LogP contribution in [0.2, 0.25) is 0 Å². The van der Waals surface area contributed by atoms with Gasteiger partial charge < -0.3 is 19.9 Å². The van der Waals surface area contributed by atoms with Crippen molar-refractivity contribution in [1.82, 2.24) is 14.3 Å². The number of pyridine rings is 1. The predicted octanol–water partition coefficient (Wildman–Crippen LogP) is 5.34. The number of aryl methyl sites for hydroxylation is 2. The number of hydrogen-bond donors (Lipinski definition) is 2. The van der Waals surface area contributed by atoms with Gasteiger partial charge in [0.05, 0.1) is 10.3 Å². The van der Waals surface area contributed by atoms with E-state index in [0.29, 0.717) is 16.5 Å². The Morgan fingerprint density at radius 2 is 1.76 bits per heavy atom. The number of carboxylic acids is 1. The van der Waals surface area contributed by atoms with Crippen LogP contribution in [0.25, 0.3) is 11.0 Å². The van der Waals surface area contributed by atoms with Gasteiger partial charge >= 0.3 is 12.1 Å². The van der Waals surface area contributed by atoms with Gasteiger partial charge in [-0.05, 0) is 76.1 Å². The summed E-state index contributed by atoms with van der Waals surface area (Å²) in [6, 6.07) is 10.5. The van der Waals surface area contributed by atoms with Crippen molar-refractivity contribution in [2.45, 2.75) is 57.6 Å². The first kappa shape index (κ1) is 29.5. The number of aromatic nitrogens is 2. The quantitative estimate of drug-likeness (QED) is 0.284. The molecule has 0 radical (unpaired) electrons. The Labute approximate surface area is 236 Å². The van der Waals surface area contributed by atoms with Gasteiger partial charge in [0, 0.05) is 18.8 Å². The molecule has 0 aliphatic heterocycles. The lowest BCUT2D eigenvalue weighted by Gasteiger charge is -2.22. The molecule has 4 rings (SSSR count). The number of carbonyl (C=O) groups excluding carboxylic acids is 1. The first-order chi connectivity index (χ1) is 19.2. The zero-order valence-corrected chi connectivity index (χ0v) is 24.0. The Morgan fingerprint density at radius 3 is 2.37 bits per heavy atom. The molecule has 216 valence electrons. The molecule has 1 amide bonds. The van der Waals surface area contributed by atoms with Crippen molar-refractivity contribution in [3.63, 3.8) is 0 Å². The van der Waals surface area contributed by atoms with E-state index in [1.165, 1.54) is 42.7 Å². The van der Waals surface area contributed by atoms with Crippen LogP contribution in [0, 0.1) is 19.7 Å². The number of hydrogen-bond acceptors (Lipinski definition) is 7. The van der Waals surface area contributed by atoms with E-state index in [1.807, 2.05) is 6.92 Å². The highest BCUT2D eigenvalue weighted by Gasteiger charge is 2.26. The summed E-state index contributed by atoms with van der Waals surface area (Å²) in [6.45, 7) is 8.49. The fraction of sp³-hybridized carbons (Fsp3) is 0.276. The lowest BCUT2D eigenvalue weighted by atomic mass is 10.1. The van der Waals surface area contributed by atoms with Crippen LogP contribution in [0.1, 0.15) is 37.5 Å². The Morgan fingerprint density at radius 1 is 1.07 bits per heavy atom. The van der Waals surface area contributed by atoms with Crippen molar-refractivity contribution in [1.29, 1.82) is 0 Å². The summed E-state index contributed by atoms with van der Waals surface area (Å²) in [5, 5.41) is 12.2. The SMILES string of the molecule is Cc1ccc(S(=O)(=O)n2cc(C)c3c(Oc4ccc(CC(NC(=O)OC(C)(C)C)C(=O)O)cc4F)ccnc32)cc1. The number of halogens is 1. The van der Waals surface area contributed by atoms with Crippen molar-refractivity contribution in [2.75, 3.05) is 0 Å². The van der Waals surface area contributed by atoms with Gasteiger partial charge in [-0.2, -0.15) is 0 Å². The van der Waals surface area contributed by atoms with Gasteiger partial charge in [0.25, 0.3) is 10.0 Å². The number of carboxylic acid groups (broad SMARTS) is 1. The molecule has 0 aliphatic rings. The van der Waals surface area contributed by atoms with Crippen molar-refractivity contribution in [3.8, 4) is 11.5 Å². The molecule has 2 heterocycles.